The van der Waals surface area contributed by atoms with Gasteiger partial charge < -0.3 is 20.5 Å². The van der Waals surface area contributed by atoms with E-state index >= 15 is 0 Å². The number of amides is 4. The lowest BCUT2D eigenvalue weighted by Gasteiger charge is -2.29. The van der Waals surface area contributed by atoms with E-state index in [2.05, 4.69) is 10.6 Å². The van der Waals surface area contributed by atoms with E-state index in [4.69, 9.17) is 26.8 Å². The SMILES string of the molecule is COc1ccc(CCN2C(=O)[C@@H]3[C@@H](CC(N)=O)N[C@@]4(C(=O)Nc5c(Cl)cc(C)cc54)[C@H]3C2=O)cc1OC. The number of imide groups is 1. The molecule has 2 saturated heterocycles. The van der Waals surface area contributed by atoms with Crippen molar-refractivity contribution in [1.29, 1.82) is 0 Å². The van der Waals surface area contributed by atoms with E-state index in [9.17, 15) is 19.2 Å². The molecule has 2 fully saturated rings. The number of nitrogens with two attached hydrogens (primary N) is 1. The quantitative estimate of drug-likeness (QED) is 0.464. The number of nitrogens with one attached hydrogen (secondary N) is 2. The van der Waals surface area contributed by atoms with Crippen LogP contribution >= 0.6 is 11.6 Å². The molecule has 37 heavy (non-hydrogen) atoms. The van der Waals surface area contributed by atoms with Crippen molar-refractivity contribution in [2.45, 2.75) is 31.3 Å². The predicted octanol–water partition coefficient (Wildman–Crippen LogP) is 1.50. The minimum absolute atomic E-state index is 0.0998. The minimum Gasteiger partial charge on any atom is -0.493 e. The zero-order valence-corrected chi connectivity index (χ0v) is 21.3. The first-order valence-corrected chi connectivity index (χ1v) is 12.2. The van der Waals surface area contributed by atoms with Gasteiger partial charge in [0.05, 0.1) is 36.8 Å². The lowest BCUT2D eigenvalue weighted by atomic mass is 9.76. The maximum atomic E-state index is 13.9. The summed E-state index contributed by atoms with van der Waals surface area (Å²) in [6.45, 7) is 1.93. The summed E-state index contributed by atoms with van der Waals surface area (Å²) in [5.41, 5.74) is 6.46. The van der Waals surface area contributed by atoms with Crippen LogP contribution in [0.2, 0.25) is 5.02 Å². The van der Waals surface area contributed by atoms with Gasteiger partial charge in [-0.25, -0.2) is 0 Å². The molecule has 0 saturated carbocycles. The van der Waals surface area contributed by atoms with Crippen molar-refractivity contribution < 1.29 is 28.7 Å². The number of rotatable bonds is 7. The first kappa shape index (κ1) is 25.0. The molecule has 194 valence electrons. The third kappa shape index (κ3) is 3.74. The van der Waals surface area contributed by atoms with E-state index in [-0.39, 0.29) is 13.0 Å². The first-order valence-electron chi connectivity index (χ1n) is 11.9. The molecular weight excluding hydrogens is 500 g/mol. The number of methoxy groups -OCH3 is 2. The van der Waals surface area contributed by atoms with E-state index in [0.29, 0.717) is 34.2 Å². The summed E-state index contributed by atoms with van der Waals surface area (Å²) in [6, 6.07) is 8.07. The average Bonchev–Trinajstić information content (AvgIpc) is 3.42. The standard InChI is InChI=1S/C26H27ClN4O6/c1-12-8-14-22(15(27)9-12)29-25(35)26(14)21-20(16(30-26)11-19(28)32)23(33)31(24(21)34)7-6-13-4-5-17(36-2)18(10-13)37-3/h4-5,8-10,16,20-21,30H,6-7,11H2,1-3H3,(H2,28,32)(H,29,35)/t16-,20-,21-,26-/m1/s1. The highest BCUT2D eigenvalue weighted by Crippen LogP contribution is 2.54. The molecule has 5 rings (SSSR count). The summed E-state index contributed by atoms with van der Waals surface area (Å²) in [6.07, 6.45) is 0.166. The van der Waals surface area contributed by atoms with Crippen LogP contribution < -0.4 is 25.8 Å². The number of ether oxygens (including phenoxy) is 2. The second kappa shape index (κ2) is 9.04. The third-order valence-corrected chi connectivity index (χ3v) is 7.80. The molecule has 0 bridgehead atoms. The Bertz CT molecular complexity index is 1350. The van der Waals surface area contributed by atoms with E-state index in [1.165, 1.54) is 19.1 Å². The number of halogens is 1. The van der Waals surface area contributed by atoms with Crippen LogP contribution in [0, 0.1) is 18.8 Å². The van der Waals surface area contributed by atoms with Gasteiger partial charge in [0.25, 0.3) is 0 Å². The summed E-state index contributed by atoms with van der Waals surface area (Å²) in [5.74, 6) is -2.92. The summed E-state index contributed by atoms with van der Waals surface area (Å²) in [4.78, 5) is 54.1. The summed E-state index contributed by atoms with van der Waals surface area (Å²) in [7, 11) is 3.07. The number of anilines is 1. The molecule has 3 aliphatic rings. The molecule has 3 heterocycles. The minimum atomic E-state index is -1.54. The maximum Gasteiger partial charge on any atom is 0.250 e. The Balaban J connectivity index is 1.51. The van der Waals surface area contributed by atoms with Crippen LogP contribution in [0.15, 0.2) is 30.3 Å². The Morgan fingerprint density at radius 3 is 2.51 bits per heavy atom. The molecule has 2 aromatic carbocycles. The monoisotopic (exact) mass is 526 g/mol. The van der Waals surface area contributed by atoms with Gasteiger partial charge in [-0.3, -0.25) is 29.4 Å². The summed E-state index contributed by atoms with van der Waals surface area (Å²) >= 11 is 6.43. The zero-order valence-electron chi connectivity index (χ0n) is 20.6. The molecule has 0 aliphatic carbocycles. The molecule has 11 heteroatoms. The second-order valence-electron chi connectivity index (χ2n) is 9.62. The molecule has 2 aromatic rings. The van der Waals surface area contributed by atoms with Crippen molar-refractivity contribution in [1.82, 2.24) is 10.2 Å². The summed E-state index contributed by atoms with van der Waals surface area (Å²) < 4.78 is 10.6. The van der Waals surface area contributed by atoms with Crippen molar-refractivity contribution in [3.63, 3.8) is 0 Å². The lowest BCUT2D eigenvalue weighted by molar-refractivity contribution is -0.142. The van der Waals surface area contributed by atoms with Gasteiger partial charge in [-0.15, -0.1) is 0 Å². The molecule has 0 aromatic heterocycles. The topological polar surface area (TPSA) is 140 Å². The molecule has 3 aliphatic heterocycles. The highest BCUT2D eigenvalue weighted by molar-refractivity contribution is 6.35. The van der Waals surface area contributed by atoms with Crippen LogP contribution in [0.4, 0.5) is 5.69 Å². The van der Waals surface area contributed by atoms with Crippen LogP contribution in [-0.4, -0.2) is 55.3 Å². The van der Waals surface area contributed by atoms with Gasteiger partial charge in [-0.05, 0) is 42.7 Å². The molecule has 0 unspecified atom stereocenters. The number of carbonyl (C=O) groups excluding carboxylic acids is 4. The van der Waals surface area contributed by atoms with E-state index < -0.39 is 47.0 Å². The fourth-order valence-corrected chi connectivity index (χ4v) is 6.26. The number of hydrogen-bond donors (Lipinski definition) is 3. The number of fused-ring (bicyclic) bond motifs is 4. The van der Waals surface area contributed by atoms with Crippen LogP contribution in [0.5, 0.6) is 11.5 Å². The Morgan fingerprint density at radius 1 is 1.11 bits per heavy atom. The number of likely N-dealkylation sites (tertiary alicyclic amines) is 1. The maximum absolute atomic E-state index is 13.9. The first-order chi connectivity index (χ1) is 17.6. The normalized spacial score (nSPS) is 25.9. The number of hydrogen-bond acceptors (Lipinski definition) is 7. The van der Waals surface area contributed by atoms with Gasteiger partial charge in [0.2, 0.25) is 23.6 Å². The van der Waals surface area contributed by atoms with Crippen molar-refractivity contribution in [3.05, 3.63) is 52.0 Å². The smallest absolute Gasteiger partial charge is 0.250 e. The van der Waals surface area contributed by atoms with Crippen molar-refractivity contribution >= 4 is 40.9 Å². The molecule has 1 spiro atoms. The average molecular weight is 527 g/mol. The molecule has 4 amide bonds. The van der Waals surface area contributed by atoms with Gasteiger partial charge in [0.15, 0.2) is 11.5 Å². The number of nitrogens with zero attached hydrogens (tertiary/aromatic N) is 1. The van der Waals surface area contributed by atoms with Gasteiger partial charge >= 0.3 is 0 Å². The molecule has 4 atom stereocenters. The highest BCUT2D eigenvalue weighted by Gasteiger charge is 2.70. The fraction of sp³-hybridized carbons (Fsp3) is 0.385. The van der Waals surface area contributed by atoms with Crippen molar-refractivity contribution in [2.24, 2.45) is 17.6 Å². The summed E-state index contributed by atoms with van der Waals surface area (Å²) in [5, 5.41) is 6.29. The number of aryl methyl sites for hydroxylation is 1. The second-order valence-corrected chi connectivity index (χ2v) is 10.0. The van der Waals surface area contributed by atoms with Crippen molar-refractivity contribution in [3.8, 4) is 11.5 Å². The lowest BCUT2D eigenvalue weighted by Crippen LogP contribution is -2.53. The zero-order chi connectivity index (χ0) is 26.6. The van der Waals surface area contributed by atoms with Crippen LogP contribution in [0.1, 0.15) is 23.1 Å². The van der Waals surface area contributed by atoms with E-state index in [0.717, 1.165) is 11.1 Å². The van der Waals surface area contributed by atoms with Crippen LogP contribution in [0.25, 0.3) is 0 Å². The number of benzene rings is 2. The molecule has 0 radical (unpaired) electrons. The third-order valence-electron chi connectivity index (χ3n) is 7.50. The van der Waals surface area contributed by atoms with Gasteiger partial charge in [-0.1, -0.05) is 23.7 Å². The molecular formula is C26H27ClN4O6. The molecule has 4 N–H and O–H groups in total. The van der Waals surface area contributed by atoms with E-state index in [1.54, 1.807) is 24.3 Å². The van der Waals surface area contributed by atoms with Gasteiger partial charge in [0.1, 0.15) is 5.54 Å². The Kier molecular flexibility index (Phi) is 6.12. The Labute approximate surface area is 218 Å². The van der Waals surface area contributed by atoms with E-state index in [1.807, 2.05) is 13.0 Å². The Morgan fingerprint density at radius 2 is 1.84 bits per heavy atom. The van der Waals surface area contributed by atoms with Crippen molar-refractivity contribution in [2.75, 3.05) is 26.1 Å². The largest absolute Gasteiger partial charge is 0.493 e. The predicted molar refractivity (Wildman–Crippen MR) is 134 cm³/mol. The van der Waals surface area contributed by atoms with Gasteiger partial charge in [0, 0.05) is 24.6 Å². The molecule has 10 nitrogen and oxygen atoms in total. The van der Waals surface area contributed by atoms with Crippen LogP contribution in [0.3, 0.4) is 0 Å². The van der Waals surface area contributed by atoms with Crippen LogP contribution in [-0.2, 0) is 31.1 Å². The van der Waals surface area contributed by atoms with Gasteiger partial charge in [-0.2, -0.15) is 0 Å². The fourth-order valence-electron chi connectivity index (χ4n) is 5.94. The number of carbonyl (C=O) groups is 4. The highest BCUT2D eigenvalue weighted by atomic mass is 35.5. The Hall–Kier alpha value is -3.63. The number of primary amides is 1.